The fraction of sp³-hybridized carbons (Fsp3) is 0.909. The zero-order chi connectivity index (χ0) is 14.2. The Hall–Kier alpha value is -0.660. The third kappa shape index (κ3) is 6.93. The molecule has 0 bridgehead atoms. The Kier molecular flexibility index (Phi) is 8.13. The lowest BCUT2D eigenvalue weighted by Gasteiger charge is -2.22. The second kappa shape index (κ2) is 8.44. The Morgan fingerprint density at radius 3 is 2.39 bits per heavy atom. The number of aliphatic carboxylic acids is 1. The molecule has 7 heteroatoms. The second-order valence-electron chi connectivity index (χ2n) is 4.38. The summed E-state index contributed by atoms with van der Waals surface area (Å²) in [6.45, 7) is 4.32. The zero-order valence-electron chi connectivity index (χ0n) is 11.3. The van der Waals surface area contributed by atoms with Crippen molar-refractivity contribution < 1.29 is 18.3 Å². The van der Waals surface area contributed by atoms with Crippen LogP contribution in [-0.4, -0.2) is 43.4 Å². The van der Waals surface area contributed by atoms with Crippen molar-refractivity contribution in [3.63, 3.8) is 0 Å². The molecule has 0 amide bonds. The molecule has 0 aromatic rings. The van der Waals surface area contributed by atoms with Crippen molar-refractivity contribution in [3.8, 4) is 0 Å². The number of carboxylic acid groups (broad SMARTS) is 1. The predicted molar refractivity (Wildman–Crippen MR) is 70.5 cm³/mol. The first kappa shape index (κ1) is 17.3. The van der Waals surface area contributed by atoms with Gasteiger partial charge in [0.1, 0.15) is 0 Å². The third-order valence-electron chi connectivity index (χ3n) is 2.61. The highest BCUT2D eigenvalue weighted by Crippen LogP contribution is 2.06. The van der Waals surface area contributed by atoms with Gasteiger partial charge in [-0.05, 0) is 12.8 Å². The normalized spacial score (nSPS) is 13.8. The smallest absolute Gasteiger partial charge is 0.304 e. The lowest BCUT2D eigenvalue weighted by Crippen LogP contribution is -2.44. The Labute approximate surface area is 110 Å². The molecule has 0 rings (SSSR count). The summed E-state index contributed by atoms with van der Waals surface area (Å²) in [5, 5.41) is 8.74. The zero-order valence-corrected chi connectivity index (χ0v) is 12.2. The van der Waals surface area contributed by atoms with Gasteiger partial charge in [0.05, 0.1) is 6.42 Å². The van der Waals surface area contributed by atoms with Crippen LogP contribution >= 0.6 is 0 Å². The summed E-state index contributed by atoms with van der Waals surface area (Å²) in [4.78, 5) is 10.7. The molecule has 0 radical (unpaired) electrons. The highest BCUT2D eigenvalue weighted by molar-refractivity contribution is 7.87. The molecule has 1 unspecified atom stereocenters. The number of nitrogens with one attached hydrogen (secondary N) is 1. The molecular formula is C11H24N2O4S. The van der Waals surface area contributed by atoms with E-state index in [9.17, 15) is 13.2 Å². The lowest BCUT2D eigenvalue weighted by atomic mass is 10.1. The quantitative estimate of drug-likeness (QED) is 0.629. The van der Waals surface area contributed by atoms with Gasteiger partial charge in [-0.3, -0.25) is 4.79 Å². The number of hydrogen-bond acceptors (Lipinski definition) is 3. The summed E-state index contributed by atoms with van der Waals surface area (Å²) in [6.07, 6.45) is 2.77. The minimum absolute atomic E-state index is 0.186. The van der Waals surface area contributed by atoms with E-state index in [2.05, 4.69) is 4.72 Å². The number of carboxylic acids is 1. The number of nitrogens with zero attached hydrogens (tertiary/aromatic N) is 1. The molecular weight excluding hydrogens is 256 g/mol. The topological polar surface area (TPSA) is 86.7 Å². The summed E-state index contributed by atoms with van der Waals surface area (Å²) < 4.78 is 27.5. The van der Waals surface area contributed by atoms with Gasteiger partial charge in [-0.2, -0.15) is 17.4 Å². The first-order valence-electron chi connectivity index (χ1n) is 6.28. The van der Waals surface area contributed by atoms with Gasteiger partial charge in [-0.25, -0.2) is 0 Å². The monoisotopic (exact) mass is 280 g/mol. The molecule has 0 aliphatic rings. The van der Waals surface area contributed by atoms with Crippen LogP contribution in [0.5, 0.6) is 0 Å². The van der Waals surface area contributed by atoms with Crippen LogP contribution in [0.25, 0.3) is 0 Å². The first-order chi connectivity index (χ1) is 8.33. The number of carbonyl (C=O) groups is 1. The van der Waals surface area contributed by atoms with Gasteiger partial charge in [-0.15, -0.1) is 0 Å². The van der Waals surface area contributed by atoms with Crippen LogP contribution in [-0.2, 0) is 15.0 Å². The Morgan fingerprint density at radius 2 is 1.94 bits per heavy atom. The van der Waals surface area contributed by atoms with Gasteiger partial charge >= 0.3 is 5.97 Å². The van der Waals surface area contributed by atoms with Crippen molar-refractivity contribution in [2.45, 2.75) is 52.0 Å². The van der Waals surface area contributed by atoms with E-state index in [0.717, 1.165) is 19.3 Å². The fourth-order valence-electron chi connectivity index (χ4n) is 1.56. The van der Waals surface area contributed by atoms with Crippen molar-refractivity contribution in [2.75, 3.05) is 13.6 Å². The van der Waals surface area contributed by atoms with E-state index in [4.69, 9.17) is 5.11 Å². The van der Waals surface area contributed by atoms with Crippen LogP contribution in [0.4, 0.5) is 0 Å². The van der Waals surface area contributed by atoms with E-state index < -0.39 is 22.2 Å². The van der Waals surface area contributed by atoms with Crippen LogP contribution in [0.15, 0.2) is 0 Å². The number of hydrogen-bond donors (Lipinski definition) is 2. The van der Waals surface area contributed by atoms with E-state index in [1.807, 2.05) is 13.8 Å². The Bertz CT molecular complexity index is 343. The summed E-state index contributed by atoms with van der Waals surface area (Å²) in [5.41, 5.74) is 0. The van der Waals surface area contributed by atoms with E-state index in [-0.39, 0.29) is 6.42 Å². The minimum atomic E-state index is -3.58. The standard InChI is InChI=1S/C11H24N2O4S/c1-4-6-8-13(3)18(16,17)12-10(7-5-2)9-11(14)15/h10,12H,4-9H2,1-3H3,(H,14,15). The van der Waals surface area contributed by atoms with Gasteiger partial charge in [0.15, 0.2) is 0 Å². The van der Waals surface area contributed by atoms with Crippen molar-refractivity contribution in [1.82, 2.24) is 9.03 Å². The van der Waals surface area contributed by atoms with Crippen LogP contribution in [0.2, 0.25) is 0 Å². The summed E-state index contributed by atoms with van der Waals surface area (Å²) in [6, 6.07) is -0.540. The highest BCUT2D eigenvalue weighted by atomic mass is 32.2. The lowest BCUT2D eigenvalue weighted by molar-refractivity contribution is -0.137. The van der Waals surface area contributed by atoms with E-state index in [1.54, 1.807) is 0 Å². The maximum Gasteiger partial charge on any atom is 0.304 e. The molecule has 0 saturated heterocycles. The minimum Gasteiger partial charge on any atom is -0.481 e. The molecule has 0 aromatic carbocycles. The summed E-state index contributed by atoms with van der Waals surface area (Å²) in [7, 11) is -2.08. The molecule has 0 spiro atoms. The highest BCUT2D eigenvalue weighted by Gasteiger charge is 2.23. The van der Waals surface area contributed by atoms with E-state index in [0.29, 0.717) is 13.0 Å². The van der Waals surface area contributed by atoms with Gasteiger partial charge in [0, 0.05) is 19.6 Å². The molecule has 18 heavy (non-hydrogen) atoms. The largest absolute Gasteiger partial charge is 0.481 e. The van der Waals surface area contributed by atoms with Gasteiger partial charge in [-0.1, -0.05) is 26.7 Å². The first-order valence-corrected chi connectivity index (χ1v) is 7.72. The van der Waals surface area contributed by atoms with Crippen molar-refractivity contribution >= 4 is 16.2 Å². The molecule has 1 atom stereocenters. The molecule has 0 aromatic heterocycles. The second-order valence-corrected chi connectivity index (χ2v) is 6.19. The average molecular weight is 280 g/mol. The maximum atomic E-state index is 11.9. The summed E-state index contributed by atoms with van der Waals surface area (Å²) >= 11 is 0. The fourth-order valence-corrected chi connectivity index (χ4v) is 2.74. The number of unbranched alkanes of at least 4 members (excludes halogenated alkanes) is 1. The number of rotatable bonds is 10. The molecule has 108 valence electrons. The average Bonchev–Trinajstić information content (AvgIpc) is 2.24. The van der Waals surface area contributed by atoms with Crippen LogP contribution in [0, 0.1) is 0 Å². The SMILES string of the molecule is CCCCN(C)S(=O)(=O)NC(CCC)CC(=O)O. The molecule has 0 aliphatic heterocycles. The van der Waals surface area contributed by atoms with Gasteiger partial charge in [0.2, 0.25) is 0 Å². The van der Waals surface area contributed by atoms with Gasteiger partial charge < -0.3 is 5.11 Å². The molecule has 6 nitrogen and oxygen atoms in total. The summed E-state index contributed by atoms with van der Waals surface area (Å²) in [5.74, 6) is -0.993. The molecule has 0 saturated carbocycles. The molecule has 0 fully saturated rings. The predicted octanol–water partition coefficient (Wildman–Crippen LogP) is 1.20. The van der Waals surface area contributed by atoms with Crippen molar-refractivity contribution in [2.24, 2.45) is 0 Å². The maximum absolute atomic E-state index is 11.9. The molecule has 0 heterocycles. The Morgan fingerprint density at radius 1 is 1.33 bits per heavy atom. The molecule has 2 N–H and O–H groups in total. The van der Waals surface area contributed by atoms with E-state index >= 15 is 0 Å². The third-order valence-corrected chi connectivity index (χ3v) is 4.25. The van der Waals surface area contributed by atoms with Crippen molar-refractivity contribution in [3.05, 3.63) is 0 Å². The molecule has 0 aliphatic carbocycles. The van der Waals surface area contributed by atoms with Crippen LogP contribution < -0.4 is 4.72 Å². The Balaban J connectivity index is 4.53. The van der Waals surface area contributed by atoms with Crippen molar-refractivity contribution in [1.29, 1.82) is 0 Å². The van der Waals surface area contributed by atoms with E-state index in [1.165, 1.54) is 11.4 Å². The van der Waals surface area contributed by atoms with Crippen LogP contribution in [0.3, 0.4) is 0 Å². The van der Waals surface area contributed by atoms with Crippen LogP contribution in [0.1, 0.15) is 46.0 Å². The van der Waals surface area contributed by atoms with Gasteiger partial charge in [0.25, 0.3) is 10.2 Å².